The molecule has 118 valence electrons. The molecular weight excluding hydrogens is 298 g/mol. The van der Waals surface area contributed by atoms with Crippen LogP contribution < -0.4 is 4.74 Å². The van der Waals surface area contributed by atoms with Crippen LogP contribution in [-0.4, -0.2) is 37.3 Å². The monoisotopic (exact) mass is 313 g/mol. The van der Waals surface area contributed by atoms with E-state index in [1.54, 1.807) is 44.4 Å². The van der Waals surface area contributed by atoms with Gasteiger partial charge in [0.1, 0.15) is 17.6 Å². The number of hydrogen-bond acceptors (Lipinski definition) is 5. The molecule has 6 nitrogen and oxygen atoms in total. The fraction of sp³-hybridized carbons (Fsp3) is 0.176. The zero-order valence-corrected chi connectivity index (χ0v) is 12.7. The summed E-state index contributed by atoms with van der Waals surface area (Å²) in [5.41, 5.74) is 0.950. The van der Waals surface area contributed by atoms with E-state index in [-0.39, 0.29) is 24.1 Å². The molecule has 0 radical (unpaired) electrons. The van der Waals surface area contributed by atoms with Gasteiger partial charge in [-0.2, -0.15) is 0 Å². The molecule has 0 unspecified atom stereocenters. The van der Waals surface area contributed by atoms with Crippen molar-refractivity contribution < 1.29 is 23.2 Å². The Morgan fingerprint density at radius 1 is 1.17 bits per heavy atom. The summed E-state index contributed by atoms with van der Waals surface area (Å²) < 4.78 is 16.0. The molecule has 0 spiro atoms. The average molecular weight is 313 g/mol. The van der Waals surface area contributed by atoms with Crippen LogP contribution >= 0.6 is 0 Å². The van der Waals surface area contributed by atoms with Gasteiger partial charge in [-0.1, -0.05) is 0 Å². The predicted molar refractivity (Wildman–Crippen MR) is 82.5 cm³/mol. The van der Waals surface area contributed by atoms with Gasteiger partial charge in [0.2, 0.25) is 5.78 Å². The Morgan fingerprint density at radius 2 is 2.00 bits per heavy atom. The van der Waals surface area contributed by atoms with Crippen molar-refractivity contribution in [1.82, 2.24) is 4.90 Å². The van der Waals surface area contributed by atoms with Gasteiger partial charge in [-0.05, 0) is 30.3 Å². The Bertz CT molecular complexity index is 845. The lowest BCUT2D eigenvalue weighted by Crippen LogP contribution is -2.27. The molecular formula is C17H15NO5. The molecule has 0 saturated carbocycles. The van der Waals surface area contributed by atoms with Gasteiger partial charge in [0, 0.05) is 19.5 Å². The lowest BCUT2D eigenvalue weighted by atomic mass is 10.1. The largest absolute Gasteiger partial charge is 0.484 e. The number of furan rings is 2. The van der Waals surface area contributed by atoms with E-state index in [2.05, 4.69) is 0 Å². The summed E-state index contributed by atoms with van der Waals surface area (Å²) in [5, 5.41) is 0.612. The summed E-state index contributed by atoms with van der Waals surface area (Å²) in [4.78, 5) is 25.4. The number of carbonyl (C=O) groups excluding carboxylic acids is 2. The fourth-order valence-corrected chi connectivity index (χ4v) is 2.09. The molecule has 0 fully saturated rings. The van der Waals surface area contributed by atoms with Crippen LogP contribution in [0.1, 0.15) is 16.1 Å². The lowest BCUT2D eigenvalue weighted by molar-refractivity contribution is -0.130. The third-order valence-corrected chi connectivity index (χ3v) is 3.40. The normalized spacial score (nSPS) is 10.7. The topological polar surface area (TPSA) is 72.9 Å². The maximum atomic E-state index is 12.4. The fourth-order valence-electron chi connectivity index (χ4n) is 2.09. The maximum Gasteiger partial charge on any atom is 0.259 e. The number of fused-ring (bicyclic) bond motifs is 1. The van der Waals surface area contributed by atoms with Crippen molar-refractivity contribution in [2.75, 3.05) is 20.7 Å². The highest BCUT2D eigenvalue weighted by Crippen LogP contribution is 2.27. The number of ketones is 1. The number of benzene rings is 1. The van der Waals surface area contributed by atoms with Crippen LogP contribution in [0.4, 0.5) is 0 Å². The molecule has 2 heterocycles. The van der Waals surface area contributed by atoms with Crippen LogP contribution in [-0.2, 0) is 4.79 Å². The van der Waals surface area contributed by atoms with E-state index in [0.29, 0.717) is 22.3 Å². The Kier molecular flexibility index (Phi) is 3.89. The molecule has 0 aliphatic carbocycles. The second-order valence-electron chi connectivity index (χ2n) is 5.19. The smallest absolute Gasteiger partial charge is 0.259 e. The minimum absolute atomic E-state index is 0.0716. The quantitative estimate of drug-likeness (QED) is 0.677. The third-order valence-electron chi connectivity index (χ3n) is 3.40. The maximum absolute atomic E-state index is 12.4. The number of hydrogen-bond donors (Lipinski definition) is 0. The molecule has 3 aromatic rings. The number of rotatable bonds is 5. The minimum Gasteiger partial charge on any atom is -0.484 e. The molecule has 0 bridgehead atoms. The number of ether oxygens (including phenoxy) is 1. The van der Waals surface area contributed by atoms with Crippen molar-refractivity contribution in [3.05, 3.63) is 54.2 Å². The number of carbonyl (C=O) groups is 2. The first-order chi connectivity index (χ1) is 11.1. The summed E-state index contributed by atoms with van der Waals surface area (Å²) in [5.74, 6) is 0.309. The van der Waals surface area contributed by atoms with Crippen molar-refractivity contribution >= 4 is 22.7 Å². The Morgan fingerprint density at radius 3 is 2.70 bits per heavy atom. The van der Waals surface area contributed by atoms with Gasteiger partial charge in [-0.15, -0.1) is 0 Å². The molecule has 0 N–H and O–H groups in total. The molecule has 1 amide bonds. The van der Waals surface area contributed by atoms with Gasteiger partial charge in [0.25, 0.3) is 5.91 Å². The van der Waals surface area contributed by atoms with E-state index in [0.717, 1.165) is 0 Å². The van der Waals surface area contributed by atoms with Gasteiger partial charge in [0.05, 0.1) is 11.8 Å². The van der Waals surface area contributed by atoms with Crippen LogP contribution in [0, 0.1) is 0 Å². The Hall–Kier alpha value is -3.02. The average Bonchev–Trinajstić information content (AvgIpc) is 3.20. The first kappa shape index (κ1) is 14.9. The van der Waals surface area contributed by atoms with Crippen LogP contribution in [0.3, 0.4) is 0 Å². The highest BCUT2D eigenvalue weighted by Gasteiger charge is 2.18. The summed E-state index contributed by atoms with van der Waals surface area (Å²) in [6.45, 7) is -0.0716. The zero-order chi connectivity index (χ0) is 16.4. The second kappa shape index (κ2) is 6.00. The van der Waals surface area contributed by atoms with E-state index in [1.807, 2.05) is 0 Å². The molecule has 0 aliphatic rings. The molecule has 0 aliphatic heterocycles. The van der Waals surface area contributed by atoms with E-state index >= 15 is 0 Å². The highest BCUT2D eigenvalue weighted by atomic mass is 16.5. The van der Waals surface area contributed by atoms with Crippen molar-refractivity contribution in [2.45, 2.75) is 0 Å². The number of nitrogens with zero attached hydrogens (tertiary/aromatic N) is 1. The van der Waals surface area contributed by atoms with Gasteiger partial charge < -0.3 is 18.5 Å². The first-order valence-corrected chi connectivity index (χ1v) is 6.98. The summed E-state index contributed by atoms with van der Waals surface area (Å²) in [6.07, 6.45) is 2.83. The number of amides is 1. The van der Waals surface area contributed by atoms with E-state index in [4.69, 9.17) is 13.6 Å². The molecule has 3 rings (SSSR count). The number of likely N-dealkylation sites (N-methyl/N-ethyl adjacent to an activating group) is 1. The van der Waals surface area contributed by atoms with Crippen molar-refractivity contribution in [1.29, 1.82) is 0 Å². The van der Waals surface area contributed by atoms with Crippen LogP contribution in [0.5, 0.6) is 5.75 Å². The van der Waals surface area contributed by atoms with Gasteiger partial charge in [-0.3, -0.25) is 9.59 Å². The lowest BCUT2D eigenvalue weighted by Gasteiger charge is -2.11. The van der Waals surface area contributed by atoms with Crippen molar-refractivity contribution in [2.24, 2.45) is 0 Å². The van der Waals surface area contributed by atoms with Crippen LogP contribution in [0.2, 0.25) is 0 Å². The third kappa shape index (κ3) is 2.96. The molecule has 6 heteroatoms. The Balaban J connectivity index is 1.88. The SMILES string of the molecule is CN(C)C(=O)COc1ccc2occ(C(=O)c3ccco3)c2c1. The Labute approximate surface area is 132 Å². The van der Waals surface area contributed by atoms with Gasteiger partial charge >= 0.3 is 0 Å². The summed E-state index contributed by atoms with van der Waals surface area (Å²) >= 11 is 0. The van der Waals surface area contributed by atoms with E-state index < -0.39 is 0 Å². The summed E-state index contributed by atoms with van der Waals surface area (Å²) in [6, 6.07) is 8.31. The molecule has 23 heavy (non-hydrogen) atoms. The zero-order valence-electron chi connectivity index (χ0n) is 12.7. The van der Waals surface area contributed by atoms with Crippen LogP contribution in [0.25, 0.3) is 11.0 Å². The first-order valence-electron chi connectivity index (χ1n) is 6.98. The summed E-state index contributed by atoms with van der Waals surface area (Å²) in [7, 11) is 3.32. The predicted octanol–water partition coefficient (Wildman–Crippen LogP) is 2.72. The second-order valence-corrected chi connectivity index (χ2v) is 5.19. The van der Waals surface area contributed by atoms with Crippen molar-refractivity contribution in [3.63, 3.8) is 0 Å². The highest BCUT2D eigenvalue weighted by molar-refractivity contribution is 6.14. The van der Waals surface area contributed by atoms with Gasteiger partial charge in [0.15, 0.2) is 12.4 Å². The van der Waals surface area contributed by atoms with Crippen molar-refractivity contribution in [3.8, 4) is 5.75 Å². The van der Waals surface area contributed by atoms with E-state index in [1.165, 1.54) is 17.4 Å². The molecule has 2 aromatic heterocycles. The van der Waals surface area contributed by atoms with Gasteiger partial charge in [-0.25, -0.2) is 0 Å². The van der Waals surface area contributed by atoms with Crippen LogP contribution in [0.15, 0.2) is 51.7 Å². The van der Waals surface area contributed by atoms with E-state index in [9.17, 15) is 9.59 Å². The molecule has 1 aromatic carbocycles. The molecule has 0 saturated heterocycles. The minimum atomic E-state index is -0.268. The molecule has 0 atom stereocenters. The standard InChI is InChI=1S/C17H15NO5/c1-18(2)16(19)10-22-11-5-6-14-12(8-11)13(9-23-14)17(20)15-4-3-7-21-15/h3-9H,10H2,1-2H3.